The maximum atomic E-state index is 13.7. The van der Waals surface area contributed by atoms with Gasteiger partial charge in [-0.15, -0.1) is 0 Å². The largest absolute Gasteiger partial charge is 0.479 e. The third-order valence-corrected chi connectivity index (χ3v) is 2.59. The van der Waals surface area contributed by atoms with Gasteiger partial charge in [-0.25, -0.2) is 13.8 Å². The van der Waals surface area contributed by atoms with E-state index in [9.17, 15) is 8.78 Å². The molecule has 0 amide bonds. The topological polar surface area (TPSA) is 52.0 Å². The summed E-state index contributed by atoms with van der Waals surface area (Å²) in [4.78, 5) is 3.91. The van der Waals surface area contributed by atoms with Crippen LogP contribution < -0.4 is 10.1 Å². The van der Waals surface area contributed by atoms with Gasteiger partial charge in [0.05, 0.1) is 0 Å². The molecule has 0 unspecified atom stereocenters. The van der Waals surface area contributed by atoms with Crippen molar-refractivity contribution in [1.29, 1.82) is 0 Å². The minimum atomic E-state index is -0.729. The molecule has 0 aliphatic carbocycles. The fourth-order valence-corrected chi connectivity index (χ4v) is 1.64. The van der Waals surface area contributed by atoms with Gasteiger partial charge in [0.15, 0.2) is 23.2 Å². The lowest BCUT2D eigenvalue weighted by Crippen LogP contribution is -2.09. The van der Waals surface area contributed by atoms with Crippen LogP contribution in [0.1, 0.15) is 11.4 Å². The molecule has 0 aliphatic heterocycles. The van der Waals surface area contributed by atoms with Crippen LogP contribution in [0, 0.1) is 11.6 Å². The van der Waals surface area contributed by atoms with E-state index in [1.807, 2.05) is 0 Å². The molecule has 5 nitrogen and oxygen atoms in total. The Balaban J connectivity index is 2.14. The third kappa shape index (κ3) is 3.05. The summed E-state index contributed by atoms with van der Waals surface area (Å²) in [5.41, 5.74) is 0.517. The third-order valence-electron chi connectivity index (χ3n) is 2.59. The van der Waals surface area contributed by atoms with Gasteiger partial charge in [-0.05, 0) is 24.7 Å². The van der Waals surface area contributed by atoms with Gasteiger partial charge in [-0.1, -0.05) is 0 Å². The highest BCUT2D eigenvalue weighted by atomic mass is 19.1. The van der Waals surface area contributed by atoms with Crippen molar-refractivity contribution in [3.8, 4) is 5.75 Å². The van der Waals surface area contributed by atoms with Crippen molar-refractivity contribution < 1.29 is 13.5 Å². The van der Waals surface area contributed by atoms with E-state index in [1.165, 1.54) is 23.1 Å². The molecule has 0 saturated carbocycles. The summed E-state index contributed by atoms with van der Waals surface area (Å²) >= 11 is 0. The van der Waals surface area contributed by atoms with Crippen LogP contribution in [0.15, 0.2) is 18.5 Å². The highest BCUT2D eigenvalue weighted by molar-refractivity contribution is 5.31. The van der Waals surface area contributed by atoms with E-state index in [-0.39, 0.29) is 6.61 Å². The Labute approximate surface area is 109 Å². The first-order valence-electron chi connectivity index (χ1n) is 5.70. The summed E-state index contributed by atoms with van der Waals surface area (Å²) < 4.78 is 34.1. The molecule has 0 bridgehead atoms. The molecule has 0 radical (unpaired) electrons. The molecule has 0 fully saturated rings. The fourth-order valence-electron chi connectivity index (χ4n) is 1.64. The van der Waals surface area contributed by atoms with Gasteiger partial charge in [0.25, 0.3) is 0 Å². The molecular weight excluding hydrogens is 254 g/mol. The highest BCUT2D eigenvalue weighted by Gasteiger charge is 2.13. The average molecular weight is 268 g/mol. The van der Waals surface area contributed by atoms with Crippen molar-refractivity contribution in [2.75, 3.05) is 7.05 Å². The summed E-state index contributed by atoms with van der Waals surface area (Å²) in [6.07, 6.45) is 1.35. The number of benzene rings is 1. The SMILES string of the molecule is CNCc1cc(F)c(OCc2ncnn2C)c(F)c1. The summed E-state index contributed by atoms with van der Waals surface area (Å²) in [7, 11) is 3.38. The van der Waals surface area contributed by atoms with Gasteiger partial charge in [0, 0.05) is 13.6 Å². The zero-order chi connectivity index (χ0) is 13.8. The van der Waals surface area contributed by atoms with E-state index < -0.39 is 17.4 Å². The van der Waals surface area contributed by atoms with Crippen molar-refractivity contribution in [1.82, 2.24) is 20.1 Å². The van der Waals surface area contributed by atoms with Gasteiger partial charge < -0.3 is 10.1 Å². The number of aryl methyl sites for hydroxylation is 1. The molecule has 7 heteroatoms. The number of nitrogens with one attached hydrogen (secondary N) is 1. The first-order valence-corrected chi connectivity index (χ1v) is 5.70. The lowest BCUT2D eigenvalue weighted by Gasteiger charge is -2.09. The minimum Gasteiger partial charge on any atom is -0.479 e. The van der Waals surface area contributed by atoms with Crippen LogP contribution in [0.3, 0.4) is 0 Å². The molecule has 1 heterocycles. The van der Waals surface area contributed by atoms with Crippen molar-refractivity contribution in [2.45, 2.75) is 13.2 Å². The van der Waals surface area contributed by atoms with E-state index in [1.54, 1.807) is 14.1 Å². The Morgan fingerprint density at radius 1 is 1.32 bits per heavy atom. The number of nitrogens with zero attached hydrogens (tertiary/aromatic N) is 3. The molecule has 102 valence electrons. The second-order valence-corrected chi connectivity index (χ2v) is 4.01. The van der Waals surface area contributed by atoms with E-state index in [0.29, 0.717) is 17.9 Å². The molecule has 1 aromatic carbocycles. The van der Waals surface area contributed by atoms with E-state index >= 15 is 0 Å². The van der Waals surface area contributed by atoms with Crippen molar-refractivity contribution in [2.24, 2.45) is 7.05 Å². The lowest BCUT2D eigenvalue weighted by atomic mass is 10.2. The van der Waals surface area contributed by atoms with E-state index in [2.05, 4.69) is 15.4 Å². The molecular formula is C12H14F2N4O. The molecule has 0 saturated heterocycles. The quantitative estimate of drug-likeness (QED) is 0.890. The minimum absolute atomic E-state index is 0.0459. The van der Waals surface area contributed by atoms with Gasteiger partial charge in [-0.3, -0.25) is 4.68 Å². The van der Waals surface area contributed by atoms with Gasteiger partial charge in [-0.2, -0.15) is 5.10 Å². The maximum absolute atomic E-state index is 13.7. The van der Waals surface area contributed by atoms with Crippen LogP contribution in [-0.2, 0) is 20.2 Å². The van der Waals surface area contributed by atoms with Crippen molar-refractivity contribution in [3.63, 3.8) is 0 Å². The summed E-state index contributed by atoms with van der Waals surface area (Å²) in [5.74, 6) is -1.37. The van der Waals surface area contributed by atoms with Crippen LogP contribution in [0.5, 0.6) is 5.75 Å². The molecule has 0 spiro atoms. The van der Waals surface area contributed by atoms with Gasteiger partial charge in [0.1, 0.15) is 12.9 Å². The number of ether oxygens (including phenoxy) is 1. The molecule has 19 heavy (non-hydrogen) atoms. The summed E-state index contributed by atoms with van der Waals surface area (Å²) in [6, 6.07) is 2.48. The molecule has 0 atom stereocenters. The number of hydrogen-bond donors (Lipinski definition) is 1. The van der Waals surface area contributed by atoms with Crippen molar-refractivity contribution in [3.05, 3.63) is 41.5 Å². The molecule has 1 aromatic heterocycles. The molecule has 2 aromatic rings. The summed E-state index contributed by atoms with van der Waals surface area (Å²) in [5, 5.41) is 6.67. The number of aromatic nitrogens is 3. The highest BCUT2D eigenvalue weighted by Crippen LogP contribution is 2.24. The van der Waals surface area contributed by atoms with Crippen LogP contribution in [0.25, 0.3) is 0 Å². The van der Waals surface area contributed by atoms with Crippen LogP contribution in [-0.4, -0.2) is 21.8 Å². The second kappa shape index (κ2) is 5.75. The summed E-state index contributed by atoms with van der Waals surface area (Å²) in [6.45, 7) is 0.340. The smallest absolute Gasteiger partial charge is 0.191 e. The Hall–Kier alpha value is -2.02. The van der Waals surface area contributed by atoms with E-state index in [0.717, 1.165) is 0 Å². The van der Waals surface area contributed by atoms with Crippen LogP contribution in [0.2, 0.25) is 0 Å². The first-order chi connectivity index (χ1) is 9.11. The molecule has 0 aliphatic rings. The normalized spacial score (nSPS) is 10.7. The van der Waals surface area contributed by atoms with E-state index in [4.69, 9.17) is 4.74 Å². The molecule has 1 N–H and O–H groups in total. The first kappa shape index (κ1) is 13.4. The molecule has 2 rings (SSSR count). The standard InChI is InChI=1S/C12H14F2N4O/c1-15-5-8-3-9(13)12(10(14)4-8)19-6-11-16-7-17-18(11)2/h3-4,7,15H,5-6H2,1-2H3. The van der Waals surface area contributed by atoms with Gasteiger partial charge >= 0.3 is 0 Å². The average Bonchev–Trinajstić information content (AvgIpc) is 2.74. The van der Waals surface area contributed by atoms with Crippen LogP contribution >= 0.6 is 0 Å². The zero-order valence-corrected chi connectivity index (χ0v) is 10.7. The monoisotopic (exact) mass is 268 g/mol. The predicted octanol–water partition coefficient (Wildman–Crippen LogP) is 1.39. The zero-order valence-electron chi connectivity index (χ0n) is 10.7. The Kier molecular flexibility index (Phi) is 4.06. The maximum Gasteiger partial charge on any atom is 0.191 e. The van der Waals surface area contributed by atoms with Crippen LogP contribution in [0.4, 0.5) is 8.78 Å². The second-order valence-electron chi connectivity index (χ2n) is 4.01. The number of halogens is 2. The Bertz CT molecular complexity index is 548. The number of rotatable bonds is 5. The Morgan fingerprint density at radius 2 is 2.00 bits per heavy atom. The predicted molar refractivity (Wildman–Crippen MR) is 64.5 cm³/mol. The lowest BCUT2D eigenvalue weighted by molar-refractivity contribution is 0.261. The fraction of sp³-hybridized carbons (Fsp3) is 0.333. The Morgan fingerprint density at radius 3 is 2.53 bits per heavy atom. The van der Waals surface area contributed by atoms with Gasteiger partial charge in [0.2, 0.25) is 0 Å². The number of hydrogen-bond acceptors (Lipinski definition) is 4. The van der Waals surface area contributed by atoms with Crippen molar-refractivity contribution >= 4 is 0 Å².